The largest absolute Gasteiger partial charge is 0.416 e. The number of benzene rings is 1. The van der Waals surface area contributed by atoms with Crippen LogP contribution in [0.2, 0.25) is 0 Å². The van der Waals surface area contributed by atoms with Gasteiger partial charge in [0.05, 0.1) is 12.2 Å². The lowest BCUT2D eigenvalue weighted by molar-refractivity contribution is -0.137. The molecule has 0 bridgehead atoms. The average Bonchev–Trinajstić information content (AvgIpc) is 3.43. The van der Waals surface area contributed by atoms with Crippen molar-refractivity contribution in [2.75, 3.05) is 37.7 Å². The SMILES string of the molecule is Cc1cc(-c2nc(C(=O)N3CCC(N[C@@H]4CCOC[C@@H]4F)CC3)c(C)c(N3CCc4cc(C(F)(F)F)ccc4C3)n2)no1. The smallest absolute Gasteiger partial charge is 0.378 e. The summed E-state index contributed by atoms with van der Waals surface area (Å²) in [6.45, 7) is 5.94. The molecule has 3 aromatic rings. The lowest BCUT2D eigenvalue weighted by Gasteiger charge is -2.37. The summed E-state index contributed by atoms with van der Waals surface area (Å²) in [4.78, 5) is 27.0. The summed E-state index contributed by atoms with van der Waals surface area (Å²) in [6, 6.07) is 5.38. The lowest BCUT2D eigenvalue weighted by Crippen LogP contribution is -2.52. The van der Waals surface area contributed by atoms with Gasteiger partial charge in [-0.25, -0.2) is 14.4 Å². The van der Waals surface area contributed by atoms with Crippen molar-refractivity contribution in [3.63, 3.8) is 0 Å². The van der Waals surface area contributed by atoms with E-state index >= 15 is 0 Å². The van der Waals surface area contributed by atoms with E-state index in [2.05, 4.69) is 15.5 Å². The summed E-state index contributed by atoms with van der Waals surface area (Å²) in [5.41, 5.74) is 1.99. The van der Waals surface area contributed by atoms with Gasteiger partial charge in [0.1, 0.15) is 23.4 Å². The minimum Gasteiger partial charge on any atom is -0.378 e. The van der Waals surface area contributed by atoms with E-state index in [0.717, 1.165) is 11.6 Å². The van der Waals surface area contributed by atoms with Gasteiger partial charge < -0.3 is 24.4 Å². The summed E-state index contributed by atoms with van der Waals surface area (Å²) >= 11 is 0. The van der Waals surface area contributed by atoms with Crippen molar-refractivity contribution in [1.29, 1.82) is 0 Å². The van der Waals surface area contributed by atoms with Crippen molar-refractivity contribution in [3.05, 3.63) is 58.0 Å². The Morgan fingerprint density at radius 2 is 1.84 bits per heavy atom. The van der Waals surface area contributed by atoms with Crippen LogP contribution < -0.4 is 10.2 Å². The topological polar surface area (TPSA) is 96.6 Å². The second-order valence-electron chi connectivity index (χ2n) is 11.5. The quantitative estimate of drug-likeness (QED) is 0.422. The Bertz CT molecular complexity index is 1490. The molecular formula is C30H34F4N6O3. The molecule has 9 nitrogen and oxygen atoms in total. The van der Waals surface area contributed by atoms with Crippen LogP contribution in [0.25, 0.3) is 11.5 Å². The Hall–Kier alpha value is -3.58. The lowest BCUT2D eigenvalue weighted by atomic mass is 9.96. The molecule has 13 heteroatoms. The maximum absolute atomic E-state index is 14.3. The van der Waals surface area contributed by atoms with Crippen LogP contribution >= 0.6 is 0 Å². The minimum atomic E-state index is -4.40. The number of hydrogen-bond donors (Lipinski definition) is 1. The summed E-state index contributed by atoms with van der Waals surface area (Å²) in [7, 11) is 0. The van der Waals surface area contributed by atoms with Gasteiger partial charge in [-0.1, -0.05) is 11.2 Å². The highest BCUT2D eigenvalue weighted by Gasteiger charge is 2.34. The molecule has 2 saturated heterocycles. The van der Waals surface area contributed by atoms with Crippen LogP contribution in [0.15, 0.2) is 28.8 Å². The van der Waals surface area contributed by atoms with E-state index < -0.39 is 17.9 Å². The number of amides is 1. The number of fused-ring (bicyclic) bond motifs is 1. The molecule has 3 aliphatic rings. The van der Waals surface area contributed by atoms with E-state index in [1.165, 1.54) is 12.1 Å². The number of halogens is 4. The van der Waals surface area contributed by atoms with Gasteiger partial charge in [0.25, 0.3) is 5.91 Å². The Morgan fingerprint density at radius 1 is 1.05 bits per heavy atom. The predicted octanol–water partition coefficient (Wildman–Crippen LogP) is 4.65. The fourth-order valence-electron chi connectivity index (χ4n) is 6.11. The predicted molar refractivity (Wildman–Crippen MR) is 149 cm³/mol. The third-order valence-corrected chi connectivity index (χ3v) is 8.54. The fourth-order valence-corrected chi connectivity index (χ4v) is 6.11. The van der Waals surface area contributed by atoms with E-state index in [9.17, 15) is 22.4 Å². The molecule has 1 N–H and O–H groups in total. The normalized spacial score (nSPS) is 21.6. The molecule has 0 unspecified atom stereocenters. The number of anilines is 1. The van der Waals surface area contributed by atoms with Crippen molar-refractivity contribution >= 4 is 11.7 Å². The molecule has 0 aliphatic carbocycles. The second kappa shape index (κ2) is 11.8. The van der Waals surface area contributed by atoms with Gasteiger partial charge in [-0.3, -0.25) is 4.79 Å². The molecule has 0 radical (unpaired) electrons. The van der Waals surface area contributed by atoms with E-state index in [1.54, 1.807) is 24.8 Å². The molecule has 43 heavy (non-hydrogen) atoms. The molecule has 2 atom stereocenters. The molecule has 0 saturated carbocycles. The molecule has 5 heterocycles. The summed E-state index contributed by atoms with van der Waals surface area (Å²) < 4.78 is 64.5. The molecule has 0 spiro atoms. The van der Waals surface area contributed by atoms with E-state index in [1.807, 2.05) is 4.90 Å². The van der Waals surface area contributed by atoms with Crippen molar-refractivity contribution in [1.82, 2.24) is 25.3 Å². The monoisotopic (exact) mass is 602 g/mol. The number of hydrogen-bond acceptors (Lipinski definition) is 8. The first kappa shape index (κ1) is 29.5. The number of piperidine rings is 1. The Kier molecular flexibility index (Phi) is 8.12. The van der Waals surface area contributed by atoms with Crippen LogP contribution in [-0.2, 0) is 23.9 Å². The molecule has 2 fully saturated rings. The number of carbonyl (C=O) groups excluding carboxylic acids is 1. The van der Waals surface area contributed by atoms with Gasteiger partial charge in [-0.2, -0.15) is 13.2 Å². The van der Waals surface area contributed by atoms with Gasteiger partial charge in [0.2, 0.25) is 0 Å². The maximum Gasteiger partial charge on any atom is 0.416 e. The number of nitrogens with zero attached hydrogens (tertiary/aromatic N) is 5. The minimum absolute atomic E-state index is 0.104. The van der Waals surface area contributed by atoms with Crippen LogP contribution in [0.5, 0.6) is 0 Å². The zero-order valence-corrected chi connectivity index (χ0v) is 24.1. The first-order valence-electron chi connectivity index (χ1n) is 14.6. The number of nitrogens with one attached hydrogen (secondary N) is 1. The molecular weight excluding hydrogens is 568 g/mol. The Morgan fingerprint density at radius 3 is 2.53 bits per heavy atom. The van der Waals surface area contributed by atoms with Crippen molar-refractivity contribution in [3.8, 4) is 11.5 Å². The molecule has 6 rings (SSSR count). The number of aromatic nitrogens is 3. The van der Waals surface area contributed by atoms with Gasteiger partial charge in [-0.05, 0) is 62.8 Å². The standard InChI is InChI=1S/C30H34F4N6O3/c1-17-13-25(38-43-17)27-36-26(29(41)39-10-6-22(7-11-39)35-24-8-12-42-16-23(24)31)18(2)28(37-27)40-9-5-19-14-21(30(32,33)34)4-3-20(19)15-40/h3-4,13-14,22-24,35H,5-12,15-16H2,1-2H3/t23-,24+/m0/s1. The van der Waals surface area contributed by atoms with Crippen LogP contribution in [0.1, 0.15) is 57.8 Å². The van der Waals surface area contributed by atoms with Crippen molar-refractivity contribution < 1.29 is 31.6 Å². The third-order valence-electron chi connectivity index (χ3n) is 8.54. The van der Waals surface area contributed by atoms with Crippen LogP contribution in [0, 0.1) is 13.8 Å². The molecule has 230 valence electrons. The van der Waals surface area contributed by atoms with Gasteiger partial charge in [0.15, 0.2) is 11.5 Å². The van der Waals surface area contributed by atoms with Gasteiger partial charge in [0, 0.05) is 56.5 Å². The highest BCUT2D eigenvalue weighted by Crippen LogP contribution is 2.34. The first-order chi connectivity index (χ1) is 20.6. The molecule has 3 aliphatic heterocycles. The highest BCUT2D eigenvalue weighted by molar-refractivity contribution is 5.95. The molecule has 2 aromatic heterocycles. The summed E-state index contributed by atoms with van der Waals surface area (Å²) in [6.07, 6.45) is -3.05. The molecule has 1 aromatic carbocycles. The zero-order valence-electron chi connectivity index (χ0n) is 24.1. The maximum atomic E-state index is 14.3. The summed E-state index contributed by atoms with van der Waals surface area (Å²) in [5.74, 6) is 1.10. The van der Waals surface area contributed by atoms with Crippen LogP contribution in [0.4, 0.5) is 23.4 Å². The Balaban J connectivity index is 1.24. The second-order valence-corrected chi connectivity index (χ2v) is 11.5. The number of likely N-dealkylation sites (tertiary alicyclic amines) is 1. The summed E-state index contributed by atoms with van der Waals surface area (Å²) in [5, 5.41) is 7.47. The highest BCUT2D eigenvalue weighted by atomic mass is 19.4. The first-order valence-corrected chi connectivity index (χ1v) is 14.6. The number of alkyl halides is 4. The fraction of sp³-hybridized carbons (Fsp3) is 0.533. The average molecular weight is 603 g/mol. The number of rotatable bonds is 5. The van der Waals surface area contributed by atoms with Gasteiger partial charge in [-0.15, -0.1) is 0 Å². The van der Waals surface area contributed by atoms with Crippen LogP contribution in [-0.4, -0.2) is 77.0 Å². The van der Waals surface area contributed by atoms with E-state index in [-0.39, 0.29) is 36.1 Å². The van der Waals surface area contributed by atoms with Gasteiger partial charge >= 0.3 is 6.18 Å². The Labute approximate surface area is 246 Å². The van der Waals surface area contributed by atoms with E-state index in [4.69, 9.17) is 14.2 Å². The van der Waals surface area contributed by atoms with E-state index in [0.29, 0.717) is 86.9 Å². The molecule has 1 amide bonds. The van der Waals surface area contributed by atoms with Crippen molar-refractivity contribution in [2.45, 2.75) is 70.5 Å². The van der Waals surface area contributed by atoms with Crippen LogP contribution in [0.3, 0.4) is 0 Å². The number of ether oxygens (including phenoxy) is 1. The van der Waals surface area contributed by atoms with Crippen molar-refractivity contribution in [2.24, 2.45) is 0 Å². The third kappa shape index (κ3) is 6.23. The number of carbonyl (C=O) groups is 1. The number of aryl methyl sites for hydroxylation is 1. The zero-order chi connectivity index (χ0) is 30.3.